The van der Waals surface area contributed by atoms with Gasteiger partial charge in [0, 0.05) is 53.8 Å². The summed E-state index contributed by atoms with van der Waals surface area (Å²) in [4.78, 5) is 9.22. The molecule has 5 heterocycles. The molecule has 0 spiro atoms. The Balaban J connectivity index is 1.40. The zero-order valence-electron chi connectivity index (χ0n) is 16.7. The molecule has 1 aliphatic rings. The summed E-state index contributed by atoms with van der Waals surface area (Å²) in [5.74, 6) is 1.03. The number of ether oxygens (including phenoxy) is 1. The summed E-state index contributed by atoms with van der Waals surface area (Å²) < 4.78 is 23.8. The van der Waals surface area contributed by atoms with E-state index < -0.39 is 0 Å². The van der Waals surface area contributed by atoms with E-state index in [1.165, 1.54) is 6.07 Å². The molecule has 0 radical (unpaired) electrons. The van der Waals surface area contributed by atoms with Crippen molar-refractivity contribution < 1.29 is 9.13 Å². The van der Waals surface area contributed by atoms with Gasteiger partial charge in [-0.25, -0.2) is 14.4 Å². The first-order chi connectivity index (χ1) is 15.2. The van der Waals surface area contributed by atoms with E-state index in [4.69, 9.17) is 4.74 Å². The summed E-state index contributed by atoms with van der Waals surface area (Å²) in [5.41, 5.74) is 5.64. The molecule has 31 heavy (non-hydrogen) atoms. The van der Waals surface area contributed by atoms with Crippen LogP contribution in [-0.2, 0) is 13.0 Å². The van der Waals surface area contributed by atoms with Gasteiger partial charge < -0.3 is 14.5 Å². The van der Waals surface area contributed by atoms with Gasteiger partial charge in [-0.2, -0.15) is 0 Å². The number of hydrogen-bond donors (Lipinski definition) is 1. The average Bonchev–Trinajstić information content (AvgIpc) is 3.51. The molecule has 5 aromatic rings. The molecule has 0 aliphatic carbocycles. The molecule has 4 aromatic heterocycles. The zero-order chi connectivity index (χ0) is 20.9. The Morgan fingerprint density at radius 2 is 2.13 bits per heavy atom. The van der Waals surface area contributed by atoms with Crippen molar-refractivity contribution in [2.24, 2.45) is 0 Å². The molecule has 0 amide bonds. The van der Waals surface area contributed by atoms with Gasteiger partial charge in [0.05, 0.1) is 12.3 Å². The molecular formula is C22H18FN7O. The molecule has 0 fully saturated rings. The van der Waals surface area contributed by atoms with Crippen molar-refractivity contribution in [2.75, 3.05) is 11.9 Å². The SMILES string of the molecule is Cc1cn2cccc(-c3cnc(NCc4c(F)ccc5c4CCO5)n4cnnc34)c2n1. The van der Waals surface area contributed by atoms with Gasteiger partial charge in [-0.15, -0.1) is 10.2 Å². The van der Waals surface area contributed by atoms with E-state index in [-0.39, 0.29) is 12.4 Å². The van der Waals surface area contributed by atoms with Crippen LogP contribution in [0.3, 0.4) is 0 Å². The van der Waals surface area contributed by atoms with E-state index in [1.54, 1.807) is 23.0 Å². The van der Waals surface area contributed by atoms with Gasteiger partial charge in [0.2, 0.25) is 5.95 Å². The molecule has 1 aromatic carbocycles. The number of rotatable bonds is 4. The number of nitrogens with one attached hydrogen (secondary N) is 1. The van der Waals surface area contributed by atoms with Crippen LogP contribution in [0.1, 0.15) is 16.8 Å². The fourth-order valence-corrected chi connectivity index (χ4v) is 4.16. The Morgan fingerprint density at radius 3 is 3.06 bits per heavy atom. The summed E-state index contributed by atoms with van der Waals surface area (Å²) in [5, 5.41) is 11.6. The predicted octanol–water partition coefficient (Wildman–Crippen LogP) is 3.43. The molecule has 0 bridgehead atoms. The van der Waals surface area contributed by atoms with Gasteiger partial charge in [-0.3, -0.25) is 4.40 Å². The highest BCUT2D eigenvalue weighted by molar-refractivity contribution is 5.86. The lowest BCUT2D eigenvalue weighted by atomic mass is 10.0. The van der Waals surface area contributed by atoms with Crippen LogP contribution in [0.2, 0.25) is 0 Å². The number of pyridine rings is 1. The number of nitrogens with zero attached hydrogens (tertiary/aromatic N) is 6. The first-order valence-electron chi connectivity index (χ1n) is 9.99. The van der Waals surface area contributed by atoms with Crippen molar-refractivity contribution >= 4 is 17.2 Å². The molecule has 1 aliphatic heterocycles. The largest absolute Gasteiger partial charge is 0.493 e. The van der Waals surface area contributed by atoms with Crippen LogP contribution in [-0.4, -0.2) is 35.6 Å². The smallest absolute Gasteiger partial charge is 0.210 e. The lowest BCUT2D eigenvalue weighted by Crippen LogP contribution is -2.09. The Hall–Kier alpha value is -4.01. The van der Waals surface area contributed by atoms with Crippen LogP contribution >= 0.6 is 0 Å². The summed E-state index contributed by atoms with van der Waals surface area (Å²) in [6.07, 6.45) is 7.98. The third kappa shape index (κ3) is 2.81. The van der Waals surface area contributed by atoms with E-state index in [0.29, 0.717) is 30.2 Å². The first kappa shape index (κ1) is 17.8. The Morgan fingerprint density at radius 1 is 1.19 bits per heavy atom. The van der Waals surface area contributed by atoms with E-state index in [9.17, 15) is 4.39 Å². The molecule has 6 rings (SSSR count). The van der Waals surface area contributed by atoms with E-state index >= 15 is 0 Å². The van der Waals surface area contributed by atoms with Gasteiger partial charge in [-0.05, 0) is 31.2 Å². The summed E-state index contributed by atoms with van der Waals surface area (Å²) in [6, 6.07) is 7.08. The van der Waals surface area contributed by atoms with Crippen molar-refractivity contribution in [3.63, 3.8) is 0 Å². The summed E-state index contributed by atoms with van der Waals surface area (Å²) in [7, 11) is 0. The molecule has 0 unspecified atom stereocenters. The highest BCUT2D eigenvalue weighted by Crippen LogP contribution is 2.31. The topological polar surface area (TPSA) is 81.6 Å². The van der Waals surface area contributed by atoms with E-state index in [2.05, 4.69) is 25.5 Å². The van der Waals surface area contributed by atoms with Gasteiger partial charge >= 0.3 is 0 Å². The van der Waals surface area contributed by atoms with Crippen molar-refractivity contribution in [3.05, 3.63) is 71.8 Å². The fraction of sp³-hybridized carbons (Fsp3) is 0.182. The molecule has 154 valence electrons. The van der Waals surface area contributed by atoms with Crippen LogP contribution in [0.4, 0.5) is 10.3 Å². The van der Waals surface area contributed by atoms with Crippen LogP contribution in [0.5, 0.6) is 5.75 Å². The minimum Gasteiger partial charge on any atom is -0.493 e. The second-order valence-electron chi connectivity index (χ2n) is 7.51. The lowest BCUT2D eigenvalue weighted by Gasteiger charge is -2.13. The molecular weight excluding hydrogens is 397 g/mol. The number of aryl methyl sites for hydroxylation is 1. The Kier molecular flexibility index (Phi) is 3.89. The number of halogens is 1. The molecule has 9 heteroatoms. The first-order valence-corrected chi connectivity index (χ1v) is 9.99. The number of hydrogen-bond acceptors (Lipinski definition) is 6. The molecule has 0 atom stereocenters. The Labute approximate surface area is 176 Å². The minimum absolute atomic E-state index is 0.255. The van der Waals surface area contributed by atoms with Crippen LogP contribution in [0.15, 0.2) is 49.2 Å². The predicted molar refractivity (Wildman–Crippen MR) is 113 cm³/mol. The number of anilines is 1. The highest BCUT2D eigenvalue weighted by atomic mass is 19.1. The third-order valence-electron chi connectivity index (χ3n) is 5.59. The van der Waals surface area contributed by atoms with Crippen LogP contribution in [0, 0.1) is 12.7 Å². The second-order valence-corrected chi connectivity index (χ2v) is 7.51. The maximum absolute atomic E-state index is 14.5. The quantitative estimate of drug-likeness (QED) is 0.484. The van der Waals surface area contributed by atoms with Crippen LogP contribution in [0.25, 0.3) is 22.4 Å². The second kappa shape index (κ2) is 6.76. The summed E-state index contributed by atoms with van der Waals surface area (Å²) >= 11 is 0. The Bertz CT molecular complexity index is 1460. The number of imidazole rings is 1. The molecule has 1 N–H and O–H groups in total. The minimum atomic E-state index is -0.255. The maximum atomic E-state index is 14.5. The molecule has 8 nitrogen and oxygen atoms in total. The average molecular weight is 415 g/mol. The van der Waals surface area contributed by atoms with Crippen molar-refractivity contribution in [3.8, 4) is 16.9 Å². The zero-order valence-corrected chi connectivity index (χ0v) is 16.7. The van der Waals surface area contributed by atoms with Gasteiger partial charge in [0.15, 0.2) is 5.65 Å². The number of benzene rings is 1. The van der Waals surface area contributed by atoms with Crippen molar-refractivity contribution in [1.82, 2.24) is 29.0 Å². The van der Waals surface area contributed by atoms with E-state index in [0.717, 1.165) is 33.8 Å². The van der Waals surface area contributed by atoms with Crippen molar-refractivity contribution in [2.45, 2.75) is 19.9 Å². The monoisotopic (exact) mass is 415 g/mol. The van der Waals surface area contributed by atoms with E-state index in [1.807, 2.05) is 35.9 Å². The van der Waals surface area contributed by atoms with Crippen molar-refractivity contribution in [1.29, 1.82) is 0 Å². The number of aromatic nitrogens is 6. The molecule has 0 saturated heterocycles. The fourth-order valence-electron chi connectivity index (χ4n) is 4.16. The van der Waals surface area contributed by atoms with Gasteiger partial charge in [-0.1, -0.05) is 0 Å². The molecule has 0 saturated carbocycles. The lowest BCUT2D eigenvalue weighted by molar-refractivity contribution is 0.356. The normalized spacial score (nSPS) is 13.0. The van der Waals surface area contributed by atoms with Crippen LogP contribution < -0.4 is 10.1 Å². The van der Waals surface area contributed by atoms with Gasteiger partial charge in [0.25, 0.3) is 0 Å². The standard InChI is InChI=1S/C22H18FN7O/c1-13-11-29-7-2-3-15(20(29)27-13)17-10-25-22(30-12-26-28-21(17)30)24-9-16-14-6-8-31-19(14)5-4-18(16)23/h2-5,7,10-12H,6,8-9H2,1H3,(H,24,25). The summed E-state index contributed by atoms with van der Waals surface area (Å²) in [6.45, 7) is 2.82. The number of fused-ring (bicyclic) bond motifs is 3. The maximum Gasteiger partial charge on any atom is 0.210 e. The highest BCUT2D eigenvalue weighted by Gasteiger charge is 2.20. The third-order valence-corrected chi connectivity index (χ3v) is 5.59. The van der Waals surface area contributed by atoms with Gasteiger partial charge in [0.1, 0.15) is 23.5 Å².